The van der Waals surface area contributed by atoms with Crippen LogP contribution in [0.4, 0.5) is 5.13 Å². The molecule has 1 heterocycles. The Kier molecular flexibility index (Phi) is 4.76. The van der Waals surface area contributed by atoms with E-state index in [1.807, 2.05) is 29.8 Å². The molecule has 4 rings (SSSR count). The van der Waals surface area contributed by atoms with Gasteiger partial charge < -0.3 is 0 Å². The van der Waals surface area contributed by atoms with Gasteiger partial charge in [0.25, 0.3) is 0 Å². The second-order valence-electron chi connectivity index (χ2n) is 5.48. The van der Waals surface area contributed by atoms with E-state index in [-0.39, 0.29) is 0 Å². The lowest BCUT2D eigenvalue weighted by Crippen LogP contribution is -1.91. The molecule has 0 saturated carbocycles. The molecule has 5 heteroatoms. The van der Waals surface area contributed by atoms with Crippen LogP contribution in [-0.2, 0) is 0 Å². The minimum Gasteiger partial charge on any atom is -0.253 e. The van der Waals surface area contributed by atoms with Crippen LogP contribution in [-0.4, -0.2) is 11.2 Å². The first-order valence-electron chi connectivity index (χ1n) is 7.78. The molecule has 0 radical (unpaired) electrons. The van der Waals surface area contributed by atoms with Gasteiger partial charge in [-0.05, 0) is 45.5 Å². The lowest BCUT2D eigenvalue weighted by molar-refractivity contribution is 1.29. The summed E-state index contributed by atoms with van der Waals surface area (Å²) in [5.74, 6) is 0. The predicted molar refractivity (Wildman–Crippen MR) is 115 cm³/mol. The Morgan fingerprint density at radius 1 is 0.960 bits per heavy atom. The van der Waals surface area contributed by atoms with Gasteiger partial charge in [-0.15, -0.1) is 11.3 Å². The number of nitrogens with zero attached hydrogens (tertiary/aromatic N) is 2. The average Bonchev–Trinajstić information content (AvgIpc) is 3.11. The van der Waals surface area contributed by atoms with E-state index >= 15 is 0 Å². The summed E-state index contributed by atoms with van der Waals surface area (Å²) in [5.41, 5.74) is 6.19. The number of rotatable bonds is 4. The minimum atomic E-state index is 0.782. The van der Waals surface area contributed by atoms with E-state index < -0.39 is 0 Å². The Morgan fingerprint density at radius 2 is 1.76 bits per heavy atom. The smallest absolute Gasteiger partial charge is 0.203 e. The third-order valence-electron chi connectivity index (χ3n) is 3.83. The van der Waals surface area contributed by atoms with E-state index in [0.717, 1.165) is 22.0 Å². The molecule has 0 fully saturated rings. The normalized spacial score (nSPS) is 11.2. The number of nitrogens with one attached hydrogen (secondary N) is 1. The summed E-state index contributed by atoms with van der Waals surface area (Å²) in [6.45, 7) is 0. The molecule has 0 aliphatic rings. The highest BCUT2D eigenvalue weighted by atomic mass is 127. The van der Waals surface area contributed by atoms with Gasteiger partial charge >= 0.3 is 0 Å². The summed E-state index contributed by atoms with van der Waals surface area (Å²) < 4.78 is 1.22. The van der Waals surface area contributed by atoms with Crippen molar-refractivity contribution >= 4 is 56.0 Å². The van der Waals surface area contributed by atoms with Crippen molar-refractivity contribution in [3.63, 3.8) is 0 Å². The summed E-state index contributed by atoms with van der Waals surface area (Å²) in [7, 11) is 0. The zero-order chi connectivity index (χ0) is 17.1. The minimum absolute atomic E-state index is 0.782. The Balaban J connectivity index is 1.51. The first-order chi connectivity index (χ1) is 12.3. The summed E-state index contributed by atoms with van der Waals surface area (Å²) in [6, 6.07) is 22.8. The predicted octanol–water partition coefficient (Wildman–Crippen LogP) is 6.01. The van der Waals surface area contributed by atoms with Crippen LogP contribution >= 0.6 is 33.9 Å². The second kappa shape index (κ2) is 7.33. The van der Waals surface area contributed by atoms with Crippen LogP contribution in [0.15, 0.2) is 77.2 Å². The van der Waals surface area contributed by atoms with Crippen molar-refractivity contribution < 1.29 is 0 Å². The molecule has 0 amide bonds. The highest BCUT2D eigenvalue weighted by Crippen LogP contribution is 2.25. The molecule has 1 aromatic heterocycles. The van der Waals surface area contributed by atoms with E-state index in [4.69, 9.17) is 0 Å². The van der Waals surface area contributed by atoms with Crippen molar-refractivity contribution in [2.75, 3.05) is 5.43 Å². The molecular weight excluding hydrogens is 441 g/mol. The van der Waals surface area contributed by atoms with Gasteiger partial charge in [0.15, 0.2) is 0 Å². The molecule has 3 nitrogen and oxygen atoms in total. The van der Waals surface area contributed by atoms with Gasteiger partial charge in [0, 0.05) is 20.1 Å². The number of halogens is 1. The van der Waals surface area contributed by atoms with Gasteiger partial charge in [0.05, 0.1) is 11.9 Å². The monoisotopic (exact) mass is 455 g/mol. The summed E-state index contributed by atoms with van der Waals surface area (Å²) in [6.07, 6.45) is 1.84. The van der Waals surface area contributed by atoms with Crippen LogP contribution in [0.25, 0.3) is 22.0 Å². The lowest BCUT2D eigenvalue weighted by Gasteiger charge is -2.01. The maximum Gasteiger partial charge on any atom is 0.203 e. The van der Waals surface area contributed by atoms with Crippen molar-refractivity contribution in [2.24, 2.45) is 5.10 Å². The molecule has 0 atom stereocenters. The Bertz CT molecular complexity index is 1030. The molecule has 0 spiro atoms. The highest BCUT2D eigenvalue weighted by Gasteiger charge is 2.04. The van der Waals surface area contributed by atoms with Gasteiger partial charge in [-0.25, -0.2) is 4.98 Å². The summed E-state index contributed by atoms with van der Waals surface area (Å²) in [4.78, 5) is 4.59. The molecule has 0 aliphatic heterocycles. The zero-order valence-electron chi connectivity index (χ0n) is 13.2. The third kappa shape index (κ3) is 3.72. The Labute approximate surface area is 163 Å². The molecule has 0 saturated heterocycles. The lowest BCUT2D eigenvalue weighted by atomic mass is 10.1. The van der Waals surface area contributed by atoms with Crippen molar-refractivity contribution in [3.05, 3.63) is 81.2 Å². The average molecular weight is 455 g/mol. The van der Waals surface area contributed by atoms with Crippen LogP contribution in [0.3, 0.4) is 0 Å². The number of aromatic nitrogens is 1. The van der Waals surface area contributed by atoms with Crippen LogP contribution in [0.5, 0.6) is 0 Å². The number of anilines is 1. The fraction of sp³-hybridized carbons (Fsp3) is 0. The van der Waals surface area contributed by atoms with Gasteiger partial charge in [0.1, 0.15) is 0 Å². The maximum atomic E-state index is 4.59. The van der Waals surface area contributed by atoms with Gasteiger partial charge in [0.2, 0.25) is 5.13 Å². The number of thiazole rings is 1. The first kappa shape index (κ1) is 16.2. The van der Waals surface area contributed by atoms with Crippen molar-refractivity contribution in [2.45, 2.75) is 0 Å². The van der Waals surface area contributed by atoms with Crippen LogP contribution < -0.4 is 5.43 Å². The van der Waals surface area contributed by atoms with Gasteiger partial charge in [-0.2, -0.15) is 5.10 Å². The fourth-order valence-electron chi connectivity index (χ4n) is 2.60. The van der Waals surface area contributed by atoms with Gasteiger partial charge in [-0.1, -0.05) is 54.6 Å². The molecule has 0 aliphatic carbocycles. The Hall–Kier alpha value is -2.25. The molecule has 3 aromatic carbocycles. The van der Waals surface area contributed by atoms with Crippen LogP contribution in [0, 0.1) is 3.57 Å². The maximum absolute atomic E-state index is 4.59. The van der Waals surface area contributed by atoms with E-state index in [1.54, 1.807) is 11.3 Å². The largest absolute Gasteiger partial charge is 0.253 e. The molecule has 25 heavy (non-hydrogen) atoms. The van der Waals surface area contributed by atoms with Crippen molar-refractivity contribution in [3.8, 4) is 11.3 Å². The van der Waals surface area contributed by atoms with E-state index in [1.165, 1.54) is 14.3 Å². The summed E-state index contributed by atoms with van der Waals surface area (Å²) in [5, 5.41) is 9.58. The molecule has 4 aromatic rings. The van der Waals surface area contributed by atoms with Crippen molar-refractivity contribution in [1.29, 1.82) is 0 Å². The standard InChI is InChI=1S/C20H14IN3S/c21-17-10-8-15(9-11-17)19-13-25-20(23-19)24-22-12-16-6-3-5-14-4-1-2-7-18(14)16/h1-13H,(H,23,24)/b22-12-. The van der Waals surface area contributed by atoms with Gasteiger partial charge in [-0.3, -0.25) is 5.43 Å². The first-order valence-corrected chi connectivity index (χ1v) is 9.74. The number of benzene rings is 3. The molecule has 1 N–H and O–H groups in total. The van der Waals surface area contributed by atoms with E-state index in [2.05, 4.69) is 86.6 Å². The topological polar surface area (TPSA) is 37.3 Å². The zero-order valence-corrected chi connectivity index (χ0v) is 16.2. The SMILES string of the molecule is Ic1ccc(-c2csc(N/N=C\c3cccc4ccccc34)n2)cc1. The quantitative estimate of drug-likeness (QED) is 0.232. The van der Waals surface area contributed by atoms with Crippen LogP contribution in [0.1, 0.15) is 5.56 Å². The molecule has 0 unspecified atom stereocenters. The summed E-state index contributed by atoms with van der Waals surface area (Å²) >= 11 is 3.85. The number of fused-ring (bicyclic) bond motifs is 1. The number of hydrazone groups is 1. The van der Waals surface area contributed by atoms with E-state index in [9.17, 15) is 0 Å². The number of hydrogen-bond donors (Lipinski definition) is 1. The molecular formula is C20H14IN3S. The third-order valence-corrected chi connectivity index (χ3v) is 5.30. The van der Waals surface area contributed by atoms with E-state index in [0.29, 0.717) is 0 Å². The second-order valence-corrected chi connectivity index (χ2v) is 7.59. The fourth-order valence-corrected chi connectivity index (χ4v) is 3.63. The molecule has 0 bridgehead atoms. The molecule has 122 valence electrons. The van der Waals surface area contributed by atoms with Crippen molar-refractivity contribution in [1.82, 2.24) is 4.98 Å². The number of hydrogen-bond acceptors (Lipinski definition) is 4. The Morgan fingerprint density at radius 3 is 2.64 bits per heavy atom. The highest BCUT2D eigenvalue weighted by molar-refractivity contribution is 14.1. The van der Waals surface area contributed by atoms with Crippen LogP contribution in [0.2, 0.25) is 0 Å².